The molecule has 1 aliphatic rings. The van der Waals surface area contributed by atoms with E-state index in [0.717, 1.165) is 41.3 Å². The van der Waals surface area contributed by atoms with Crippen LogP contribution in [0.4, 0.5) is 10.1 Å². The number of fused-ring (bicyclic) bond motifs is 1. The molecule has 3 aromatic rings. The second-order valence-electron chi connectivity index (χ2n) is 7.26. The van der Waals surface area contributed by atoms with Crippen LogP contribution in [0, 0.1) is 5.82 Å². The first-order chi connectivity index (χ1) is 14.4. The van der Waals surface area contributed by atoms with Crippen molar-refractivity contribution < 1.29 is 9.18 Å². The molecule has 10 heteroatoms. The Kier molecular flexibility index (Phi) is 5.44. The molecular weight excluding hydrogens is 409 g/mol. The van der Waals surface area contributed by atoms with Gasteiger partial charge in [0, 0.05) is 57.4 Å². The molecule has 1 fully saturated rings. The monoisotopic (exact) mass is 431 g/mol. The van der Waals surface area contributed by atoms with E-state index in [1.54, 1.807) is 6.07 Å². The molecule has 0 spiro atoms. The minimum absolute atomic E-state index is 0.0360. The van der Waals surface area contributed by atoms with Crippen LogP contribution in [0.2, 0.25) is 0 Å². The summed E-state index contributed by atoms with van der Waals surface area (Å²) < 4.78 is 15.9. The van der Waals surface area contributed by atoms with Crippen molar-refractivity contribution in [1.29, 1.82) is 0 Å². The lowest BCUT2D eigenvalue weighted by molar-refractivity contribution is 0.0959. The number of thiophene rings is 1. The van der Waals surface area contributed by atoms with E-state index < -0.39 is 17.4 Å². The third-order valence-corrected chi connectivity index (χ3v) is 6.48. The Hall–Kier alpha value is -2.98. The number of rotatable bonds is 4. The number of H-pyrrole nitrogens is 1. The Morgan fingerprint density at radius 3 is 2.60 bits per heavy atom. The van der Waals surface area contributed by atoms with Crippen molar-refractivity contribution in [1.82, 2.24) is 19.8 Å². The second-order valence-corrected chi connectivity index (χ2v) is 8.39. The van der Waals surface area contributed by atoms with E-state index >= 15 is 0 Å². The van der Waals surface area contributed by atoms with E-state index in [4.69, 9.17) is 0 Å². The largest absolute Gasteiger partial charge is 0.369 e. The first-order valence-electron chi connectivity index (χ1n) is 9.58. The molecule has 0 radical (unpaired) electrons. The molecule has 0 unspecified atom stereocenters. The number of aromatic nitrogens is 2. The van der Waals surface area contributed by atoms with Gasteiger partial charge in [0.2, 0.25) is 0 Å². The molecule has 0 aliphatic carbocycles. The minimum atomic E-state index is -0.532. The molecule has 3 heterocycles. The molecule has 1 saturated heterocycles. The predicted octanol–water partition coefficient (Wildman–Crippen LogP) is 1.11. The smallest absolute Gasteiger partial charge is 0.328 e. The summed E-state index contributed by atoms with van der Waals surface area (Å²) >= 11 is 1.40. The van der Waals surface area contributed by atoms with Gasteiger partial charge in [0.1, 0.15) is 10.5 Å². The summed E-state index contributed by atoms with van der Waals surface area (Å²) in [5.74, 6) is -0.974. The topological polar surface area (TPSA) is 90.4 Å². The van der Waals surface area contributed by atoms with Crippen molar-refractivity contribution in [2.24, 2.45) is 7.05 Å². The summed E-state index contributed by atoms with van der Waals surface area (Å²) in [6.07, 6.45) is 0. The lowest BCUT2D eigenvalue weighted by Gasteiger charge is -2.36. The fourth-order valence-corrected chi connectivity index (χ4v) is 4.75. The van der Waals surface area contributed by atoms with Crippen molar-refractivity contribution in [2.75, 3.05) is 38.1 Å². The van der Waals surface area contributed by atoms with Gasteiger partial charge in [-0.25, -0.2) is 9.18 Å². The highest BCUT2D eigenvalue weighted by atomic mass is 32.1. The van der Waals surface area contributed by atoms with Gasteiger partial charge in [-0.3, -0.25) is 19.1 Å². The molecule has 1 aliphatic heterocycles. The number of nitrogens with one attached hydrogen (secondary N) is 2. The Balaban J connectivity index is 1.43. The molecule has 0 bridgehead atoms. The normalized spacial score (nSPS) is 15.0. The molecule has 158 valence electrons. The third kappa shape index (κ3) is 3.75. The van der Waals surface area contributed by atoms with Crippen LogP contribution in [0.1, 0.15) is 15.2 Å². The molecule has 2 aromatic heterocycles. The second kappa shape index (κ2) is 8.04. The third-order valence-electron chi connectivity index (χ3n) is 5.37. The van der Waals surface area contributed by atoms with Gasteiger partial charge in [-0.15, -0.1) is 11.3 Å². The summed E-state index contributed by atoms with van der Waals surface area (Å²) in [4.78, 5) is 43.8. The van der Waals surface area contributed by atoms with Crippen molar-refractivity contribution in [3.63, 3.8) is 0 Å². The van der Waals surface area contributed by atoms with Crippen LogP contribution in [0.15, 0.2) is 33.9 Å². The van der Waals surface area contributed by atoms with Crippen LogP contribution < -0.4 is 21.5 Å². The number of hydrogen-bond acceptors (Lipinski definition) is 6. The molecule has 2 N–H and O–H groups in total. The van der Waals surface area contributed by atoms with Crippen molar-refractivity contribution in [3.05, 3.63) is 61.4 Å². The van der Waals surface area contributed by atoms with Crippen molar-refractivity contribution in [3.8, 4) is 0 Å². The van der Waals surface area contributed by atoms with Gasteiger partial charge in [0.25, 0.3) is 11.5 Å². The summed E-state index contributed by atoms with van der Waals surface area (Å²) in [6.45, 7) is 3.69. The van der Waals surface area contributed by atoms with Crippen LogP contribution in [-0.4, -0.2) is 53.6 Å². The highest BCUT2D eigenvalue weighted by molar-refractivity contribution is 7.18. The van der Waals surface area contributed by atoms with E-state index in [1.165, 1.54) is 37.6 Å². The predicted molar refractivity (Wildman–Crippen MR) is 115 cm³/mol. The maximum absolute atomic E-state index is 14.2. The standard InChI is InChI=1S/C20H22FN5O3S/c1-22-18(27)14-4-3-12(9-15(14)21)26-7-5-25(6-8-26)11-13-10-16-17(30-13)19(28)24(2)20(29)23-16/h3-4,9-10H,5-8,11H2,1-2H3,(H,22,27)(H,23,29). The van der Waals surface area contributed by atoms with Gasteiger partial charge in [0.15, 0.2) is 0 Å². The van der Waals surface area contributed by atoms with Gasteiger partial charge in [-0.2, -0.15) is 0 Å². The average molecular weight is 431 g/mol. The summed E-state index contributed by atoms with van der Waals surface area (Å²) in [6, 6.07) is 6.54. The summed E-state index contributed by atoms with van der Waals surface area (Å²) in [5.41, 5.74) is 0.669. The first kappa shape index (κ1) is 20.3. The maximum atomic E-state index is 14.2. The molecule has 8 nitrogen and oxygen atoms in total. The zero-order valence-corrected chi connectivity index (χ0v) is 17.5. The van der Waals surface area contributed by atoms with Gasteiger partial charge < -0.3 is 15.2 Å². The fraction of sp³-hybridized carbons (Fsp3) is 0.350. The number of nitrogens with zero attached hydrogens (tertiary/aromatic N) is 3. The average Bonchev–Trinajstić information content (AvgIpc) is 3.14. The van der Waals surface area contributed by atoms with E-state index in [2.05, 4.69) is 20.1 Å². The van der Waals surface area contributed by atoms with Crippen LogP contribution in [-0.2, 0) is 13.6 Å². The van der Waals surface area contributed by atoms with E-state index in [-0.39, 0.29) is 11.1 Å². The van der Waals surface area contributed by atoms with Crippen LogP contribution >= 0.6 is 11.3 Å². The van der Waals surface area contributed by atoms with Gasteiger partial charge in [-0.1, -0.05) is 0 Å². The maximum Gasteiger partial charge on any atom is 0.328 e. The van der Waals surface area contributed by atoms with Crippen LogP contribution in [0.25, 0.3) is 10.2 Å². The van der Waals surface area contributed by atoms with Crippen molar-refractivity contribution in [2.45, 2.75) is 6.54 Å². The first-order valence-corrected chi connectivity index (χ1v) is 10.4. The lowest BCUT2D eigenvalue weighted by atomic mass is 10.1. The highest BCUT2D eigenvalue weighted by Gasteiger charge is 2.20. The molecule has 4 rings (SSSR count). The van der Waals surface area contributed by atoms with Gasteiger partial charge in [-0.05, 0) is 24.3 Å². The fourth-order valence-electron chi connectivity index (χ4n) is 3.62. The number of carbonyl (C=O) groups excluding carboxylic acids is 1. The number of piperazine rings is 1. The molecular formula is C20H22FN5O3S. The zero-order valence-electron chi connectivity index (χ0n) is 16.7. The van der Waals surface area contributed by atoms with Crippen molar-refractivity contribution >= 4 is 33.1 Å². The number of amides is 1. The van der Waals surface area contributed by atoms with E-state index in [1.807, 2.05) is 6.07 Å². The Morgan fingerprint density at radius 2 is 1.93 bits per heavy atom. The number of carbonyl (C=O) groups is 1. The molecule has 30 heavy (non-hydrogen) atoms. The van der Waals surface area contributed by atoms with E-state index in [9.17, 15) is 18.8 Å². The number of aromatic amines is 1. The lowest BCUT2D eigenvalue weighted by Crippen LogP contribution is -2.45. The Bertz CT molecular complexity index is 1220. The Morgan fingerprint density at radius 1 is 1.20 bits per heavy atom. The summed E-state index contributed by atoms with van der Waals surface area (Å²) in [7, 11) is 2.93. The summed E-state index contributed by atoms with van der Waals surface area (Å²) in [5, 5.41) is 2.43. The SMILES string of the molecule is CNC(=O)c1ccc(N2CCN(Cc3cc4[nH]c(=O)n(C)c(=O)c4s3)CC2)cc1F. The van der Waals surface area contributed by atoms with E-state index in [0.29, 0.717) is 16.8 Å². The van der Waals surface area contributed by atoms with Crippen LogP contribution in [0.5, 0.6) is 0 Å². The molecule has 1 amide bonds. The molecule has 0 atom stereocenters. The highest BCUT2D eigenvalue weighted by Crippen LogP contribution is 2.24. The molecule has 1 aromatic carbocycles. The number of hydrogen-bond donors (Lipinski definition) is 2. The number of anilines is 1. The van der Waals surface area contributed by atoms with Gasteiger partial charge >= 0.3 is 5.69 Å². The minimum Gasteiger partial charge on any atom is -0.369 e. The Labute approximate surface area is 175 Å². The quantitative estimate of drug-likeness (QED) is 0.646. The number of halogens is 1. The number of benzene rings is 1. The zero-order chi connectivity index (χ0) is 21.4. The van der Waals surface area contributed by atoms with Crippen LogP contribution in [0.3, 0.4) is 0 Å². The molecule has 0 saturated carbocycles. The van der Waals surface area contributed by atoms with Gasteiger partial charge in [0.05, 0.1) is 11.1 Å².